The first-order valence-electron chi connectivity index (χ1n) is 8.63. The fraction of sp³-hybridized carbons (Fsp3) is 0.556. The lowest BCUT2D eigenvalue weighted by atomic mass is 10.1. The van der Waals surface area contributed by atoms with Crippen molar-refractivity contribution < 1.29 is 14.0 Å². The SMILES string of the molecule is CCC(C)NC(=O)CN1CCN(C(=O)Cc2c(F)cccc2Cl)CC1. The minimum Gasteiger partial charge on any atom is -0.353 e. The lowest BCUT2D eigenvalue weighted by molar-refractivity contribution is -0.132. The molecule has 2 rings (SSSR count). The monoisotopic (exact) mass is 369 g/mol. The molecule has 0 aliphatic carbocycles. The fourth-order valence-electron chi connectivity index (χ4n) is 2.75. The first-order valence-corrected chi connectivity index (χ1v) is 9.00. The second-order valence-corrected chi connectivity index (χ2v) is 6.82. The number of hydrogen-bond donors (Lipinski definition) is 1. The molecular formula is C18H25ClFN3O2. The van der Waals surface area contributed by atoms with Gasteiger partial charge >= 0.3 is 0 Å². The average Bonchev–Trinajstić information content (AvgIpc) is 2.58. The third-order valence-electron chi connectivity index (χ3n) is 4.50. The van der Waals surface area contributed by atoms with E-state index in [1.165, 1.54) is 12.1 Å². The number of nitrogens with zero attached hydrogens (tertiary/aromatic N) is 2. The Morgan fingerprint density at radius 1 is 1.28 bits per heavy atom. The number of amides is 2. The van der Waals surface area contributed by atoms with Crippen LogP contribution in [-0.2, 0) is 16.0 Å². The van der Waals surface area contributed by atoms with Gasteiger partial charge in [-0.3, -0.25) is 14.5 Å². The maximum atomic E-state index is 13.8. The molecule has 0 saturated carbocycles. The van der Waals surface area contributed by atoms with Crippen LogP contribution >= 0.6 is 11.6 Å². The van der Waals surface area contributed by atoms with Gasteiger partial charge in [0.2, 0.25) is 11.8 Å². The van der Waals surface area contributed by atoms with Crippen LogP contribution in [-0.4, -0.2) is 60.4 Å². The van der Waals surface area contributed by atoms with Gasteiger partial charge in [-0.1, -0.05) is 24.6 Å². The molecule has 1 fully saturated rings. The van der Waals surface area contributed by atoms with Gasteiger partial charge in [0.15, 0.2) is 0 Å². The smallest absolute Gasteiger partial charge is 0.234 e. The lowest BCUT2D eigenvalue weighted by Gasteiger charge is -2.34. The Labute approximate surface area is 153 Å². The molecule has 1 aliphatic rings. The van der Waals surface area contributed by atoms with Crippen molar-refractivity contribution in [3.63, 3.8) is 0 Å². The molecule has 1 unspecified atom stereocenters. The van der Waals surface area contributed by atoms with E-state index in [1.54, 1.807) is 11.0 Å². The molecule has 1 saturated heterocycles. The third kappa shape index (κ3) is 5.68. The van der Waals surface area contributed by atoms with E-state index >= 15 is 0 Å². The summed E-state index contributed by atoms with van der Waals surface area (Å²) in [6.07, 6.45) is 0.854. The Morgan fingerprint density at radius 2 is 1.96 bits per heavy atom. The van der Waals surface area contributed by atoms with Crippen LogP contribution in [0, 0.1) is 5.82 Å². The topological polar surface area (TPSA) is 52.7 Å². The van der Waals surface area contributed by atoms with Crippen molar-refractivity contribution >= 4 is 23.4 Å². The molecule has 25 heavy (non-hydrogen) atoms. The molecule has 0 bridgehead atoms. The molecule has 138 valence electrons. The van der Waals surface area contributed by atoms with Crippen molar-refractivity contribution in [2.75, 3.05) is 32.7 Å². The molecule has 1 heterocycles. The van der Waals surface area contributed by atoms with Crippen LogP contribution in [0.15, 0.2) is 18.2 Å². The van der Waals surface area contributed by atoms with Crippen LogP contribution in [0.25, 0.3) is 0 Å². The van der Waals surface area contributed by atoms with E-state index in [4.69, 9.17) is 11.6 Å². The molecule has 7 heteroatoms. The van der Waals surface area contributed by atoms with Gasteiger partial charge in [0.05, 0.1) is 13.0 Å². The summed E-state index contributed by atoms with van der Waals surface area (Å²) >= 11 is 5.98. The summed E-state index contributed by atoms with van der Waals surface area (Å²) in [6.45, 7) is 6.66. The second kappa shape index (κ2) is 9.15. The number of halogens is 2. The molecule has 1 atom stereocenters. The van der Waals surface area contributed by atoms with Gasteiger partial charge in [0.1, 0.15) is 5.82 Å². The van der Waals surface area contributed by atoms with E-state index in [0.717, 1.165) is 6.42 Å². The van der Waals surface area contributed by atoms with E-state index in [9.17, 15) is 14.0 Å². The number of nitrogens with one attached hydrogen (secondary N) is 1. The van der Waals surface area contributed by atoms with Gasteiger partial charge < -0.3 is 10.2 Å². The van der Waals surface area contributed by atoms with Crippen LogP contribution in [0.4, 0.5) is 4.39 Å². The number of carbonyl (C=O) groups is 2. The average molecular weight is 370 g/mol. The fourth-order valence-corrected chi connectivity index (χ4v) is 2.98. The maximum absolute atomic E-state index is 13.8. The molecule has 1 aromatic rings. The number of hydrogen-bond acceptors (Lipinski definition) is 3. The Hall–Kier alpha value is -1.66. The van der Waals surface area contributed by atoms with Crippen molar-refractivity contribution in [2.45, 2.75) is 32.7 Å². The largest absolute Gasteiger partial charge is 0.353 e. The van der Waals surface area contributed by atoms with Gasteiger partial charge in [-0.15, -0.1) is 0 Å². The molecular weight excluding hydrogens is 345 g/mol. The van der Waals surface area contributed by atoms with Crippen LogP contribution in [0.3, 0.4) is 0 Å². The van der Waals surface area contributed by atoms with Crippen LogP contribution < -0.4 is 5.32 Å². The molecule has 2 amide bonds. The van der Waals surface area contributed by atoms with Gasteiger partial charge in [-0.05, 0) is 25.5 Å². The zero-order valence-corrected chi connectivity index (χ0v) is 15.5. The van der Waals surface area contributed by atoms with Gasteiger partial charge in [-0.25, -0.2) is 4.39 Å². The van der Waals surface area contributed by atoms with Gasteiger partial charge in [-0.2, -0.15) is 0 Å². The van der Waals surface area contributed by atoms with E-state index in [2.05, 4.69) is 5.32 Å². The zero-order valence-electron chi connectivity index (χ0n) is 14.7. The summed E-state index contributed by atoms with van der Waals surface area (Å²) in [6, 6.07) is 4.58. The van der Waals surface area contributed by atoms with E-state index in [-0.39, 0.29) is 34.9 Å². The van der Waals surface area contributed by atoms with Crippen molar-refractivity contribution in [3.8, 4) is 0 Å². The maximum Gasteiger partial charge on any atom is 0.234 e. The summed E-state index contributed by atoms with van der Waals surface area (Å²) in [7, 11) is 0. The Morgan fingerprint density at radius 3 is 2.56 bits per heavy atom. The van der Waals surface area contributed by atoms with Crippen molar-refractivity contribution in [1.29, 1.82) is 0 Å². The first-order chi connectivity index (χ1) is 11.9. The highest BCUT2D eigenvalue weighted by Gasteiger charge is 2.24. The molecule has 0 radical (unpaired) electrons. The highest BCUT2D eigenvalue weighted by Crippen LogP contribution is 2.20. The standard InChI is InChI=1S/C18H25ClFN3O2/c1-3-13(2)21-17(24)12-22-7-9-23(10-8-22)18(25)11-14-15(19)5-4-6-16(14)20/h4-6,13H,3,7-12H2,1-2H3,(H,21,24). The zero-order chi connectivity index (χ0) is 18.4. The van der Waals surface area contributed by atoms with E-state index in [1.807, 2.05) is 18.7 Å². The van der Waals surface area contributed by atoms with E-state index < -0.39 is 5.82 Å². The number of rotatable bonds is 6. The molecule has 0 spiro atoms. The molecule has 1 aliphatic heterocycles. The Bertz CT molecular complexity index is 598. The number of benzene rings is 1. The van der Waals surface area contributed by atoms with Crippen molar-refractivity contribution in [1.82, 2.24) is 15.1 Å². The van der Waals surface area contributed by atoms with Crippen LogP contribution in [0.2, 0.25) is 5.02 Å². The number of carbonyl (C=O) groups excluding carboxylic acids is 2. The summed E-state index contributed by atoms with van der Waals surface area (Å²) in [5.41, 5.74) is 0.240. The second-order valence-electron chi connectivity index (χ2n) is 6.41. The summed E-state index contributed by atoms with van der Waals surface area (Å²) < 4.78 is 13.8. The van der Waals surface area contributed by atoms with Crippen LogP contribution in [0.5, 0.6) is 0 Å². The summed E-state index contributed by atoms with van der Waals surface area (Å²) in [5.74, 6) is -0.593. The molecule has 0 aromatic heterocycles. The number of piperazine rings is 1. The predicted octanol–water partition coefficient (Wildman–Crippen LogP) is 2.08. The first kappa shape index (κ1) is 19.7. The summed E-state index contributed by atoms with van der Waals surface area (Å²) in [4.78, 5) is 28.0. The van der Waals surface area contributed by atoms with Gasteiger partial charge in [0.25, 0.3) is 0 Å². The van der Waals surface area contributed by atoms with Crippen molar-refractivity contribution in [3.05, 3.63) is 34.6 Å². The third-order valence-corrected chi connectivity index (χ3v) is 4.86. The minimum atomic E-state index is -0.457. The minimum absolute atomic E-state index is 0.00673. The Balaban J connectivity index is 1.81. The van der Waals surface area contributed by atoms with Crippen molar-refractivity contribution in [2.24, 2.45) is 0 Å². The predicted molar refractivity (Wildman–Crippen MR) is 96.0 cm³/mol. The Kier molecular flexibility index (Phi) is 7.20. The normalized spacial score (nSPS) is 16.6. The van der Waals surface area contributed by atoms with Gasteiger partial charge in [0, 0.05) is 42.8 Å². The molecule has 1 N–H and O–H groups in total. The molecule has 1 aromatic carbocycles. The highest BCUT2D eigenvalue weighted by molar-refractivity contribution is 6.31. The summed E-state index contributed by atoms with van der Waals surface area (Å²) in [5, 5.41) is 3.21. The lowest BCUT2D eigenvalue weighted by Crippen LogP contribution is -2.52. The van der Waals surface area contributed by atoms with E-state index in [0.29, 0.717) is 32.7 Å². The highest BCUT2D eigenvalue weighted by atomic mass is 35.5. The van der Waals surface area contributed by atoms with Crippen LogP contribution in [0.1, 0.15) is 25.8 Å². The molecule has 5 nitrogen and oxygen atoms in total. The quantitative estimate of drug-likeness (QED) is 0.835.